The number of carbonyl (C=O) groups is 1. The summed E-state index contributed by atoms with van der Waals surface area (Å²) in [5, 5.41) is 34.0. The lowest BCUT2D eigenvalue weighted by Crippen LogP contribution is -2.36. The van der Waals surface area contributed by atoms with E-state index in [2.05, 4.69) is 5.32 Å². The number of nitro benzene ring substituents is 2. The van der Waals surface area contributed by atoms with E-state index in [4.69, 9.17) is 4.74 Å². The SMILES string of the molecule is N#Cc1cc([N+](=O)[O-])ccc1NC(=O)c1ccc(N2CCOCC2)c([N+](=O)[O-])c1. The average Bonchev–Trinajstić information content (AvgIpc) is 2.73. The molecule has 0 atom stereocenters. The van der Waals surface area contributed by atoms with Gasteiger partial charge in [0.1, 0.15) is 11.8 Å². The van der Waals surface area contributed by atoms with Crippen molar-refractivity contribution in [2.45, 2.75) is 0 Å². The van der Waals surface area contributed by atoms with Crippen LogP contribution in [0, 0.1) is 31.6 Å². The molecule has 1 amide bonds. The van der Waals surface area contributed by atoms with Crippen molar-refractivity contribution in [2.24, 2.45) is 0 Å². The smallest absolute Gasteiger partial charge is 0.293 e. The summed E-state index contributed by atoms with van der Waals surface area (Å²) in [4.78, 5) is 35.5. The lowest BCUT2D eigenvalue weighted by atomic mass is 10.1. The summed E-state index contributed by atoms with van der Waals surface area (Å²) >= 11 is 0. The molecule has 1 aliphatic heterocycles. The maximum Gasteiger partial charge on any atom is 0.293 e. The molecule has 148 valence electrons. The Balaban J connectivity index is 1.88. The predicted octanol–water partition coefficient (Wildman–Crippen LogP) is 2.46. The molecular weight excluding hydrogens is 382 g/mol. The maximum absolute atomic E-state index is 12.6. The molecule has 2 aromatic rings. The lowest BCUT2D eigenvalue weighted by Gasteiger charge is -2.28. The average molecular weight is 397 g/mol. The predicted molar refractivity (Wildman–Crippen MR) is 102 cm³/mol. The van der Waals surface area contributed by atoms with Gasteiger partial charge in [0.15, 0.2) is 0 Å². The van der Waals surface area contributed by atoms with E-state index < -0.39 is 15.8 Å². The summed E-state index contributed by atoms with van der Waals surface area (Å²) in [6.45, 7) is 1.91. The quantitative estimate of drug-likeness (QED) is 0.596. The third-order valence-corrected chi connectivity index (χ3v) is 4.37. The molecule has 1 aliphatic rings. The van der Waals surface area contributed by atoms with Crippen LogP contribution in [0.5, 0.6) is 0 Å². The summed E-state index contributed by atoms with van der Waals surface area (Å²) in [5.74, 6) is -0.674. The number of morpholine rings is 1. The molecule has 0 bridgehead atoms. The Hall–Kier alpha value is -4.04. The molecular formula is C18H15N5O6. The minimum atomic E-state index is -0.674. The molecule has 29 heavy (non-hydrogen) atoms. The van der Waals surface area contributed by atoms with Crippen molar-refractivity contribution in [2.75, 3.05) is 36.5 Å². The highest BCUT2D eigenvalue weighted by Crippen LogP contribution is 2.30. The van der Waals surface area contributed by atoms with Gasteiger partial charge < -0.3 is 15.0 Å². The van der Waals surface area contributed by atoms with E-state index in [1.165, 1.54) is 18.2 Å². The van der Waals surface area contributed by atoms with Crippen LogP contribution < -0.4 is 10.2 Å². The van der Waals surface area contributed by atoms with Gasteiger partial charge in [-0.25, -0.2) is 0 Å². The summed E-state index contributed by atoms with van der Waals surface area (Å²) in [5.41, 5.74) is -0.109. The van der Waals surface area contributed by atoms with Gasteiger partial charge in [-0.05, 0) is 18.2 Å². The van der Waals surface area contributed by atoms with Crippen molar-refractivity contribution in [3.63, 3.8) is 0 Å². The fourth-order valence-electron chi connectivity index (χ4n) is 2.92. The first-order valence-corrected chi connectivity index (χ1v) is 8.51. The molecule has 0 unspecified atom stereocenters. The number of hydrogen-bond acceptors (Lipinski definition) is 8. The number of nitro groups is 2. The lowest BCUT2D eigenvalue weighted by molar-refractivity contribution is -0.384. The van der Waals surface area contributed by atoms with E-state index >= 15 is 0 Å². The van der Waals surface area contributed by atoms with Crippen LogP contribution in [0.15, 0.2) is 36.4 Å². The van der Waals surface area contributed by atoms with Gasteiger partial charge in [0.05, 0.1) is 34.3 Å². The van der Waals surface area contributed by atoms with Gasteiger partial charge in [-0.2, -0.15) is 5.26 Å². The van der Waals surface area contributed by atoms with Crippen LogP contribution in [0.25, 0.3) is 0 Å². The van der Waals surface area contributed by atoms with Gasteiger partial charge in [0, 0.05) is 36.9 Å². The fourth-order valence-corrected chi connectivity index (χ4v) is 2.92. The number of non-ortho nitro benzene ring substituents is 1. The van der Waals surface area contributed by atoms with Crippen molar-refractivity contribution in [3.8, 4) is 6.07 Å². The minimum absolute atomic E-state index is 0.0240. The highest BCUT2D eigenvalue weighted by atomic mass is 16.6. The number of anilines is 2. The van der Waals surface area contributed by atoms with Crippen molar-refractivity contribution >= 4 is 28.7 Å². The summed E-state index contributed by atoms with van der Waals surface area (Å²) in [6, 6.07) is 9.33. The molecule has 11 nitrogen and oxygen atoms in total. The first kappa shape index (κ1) is 19.7. The number of nitriles is 1. The maximum atomic E-state index is 12.6. The van der Waals surface area contributed by atoms with E-state index in [1.54, 1.807) is 6.07 Å². The van der Waals surface area contributed by atoms with E-state index in [-0.39, 0.29) is 28.2 Å². The number of nitrogens with zero attached hydrogens (tertiary/aromatic N) is 4. The van der Waals surface area contributed by atoms with Crippen LogP contribution in [-0.2, 0) is 4.74 Å². The largest absolute Gasteiger partial charge is 0.378 e. The molecule has 0 aliphatic carbocycles. The van der Waals surface area contributed by atoms with Crippen molar-refractivity contribution in [1.82, 2.24) is 0 Å². The molecule has 1 N–H and O–H groups in total. The molecule has 1 saturated heterocycles. The van der Waals surface area contributed by atoms with Crippen LogP contribution in [-0.4, -0.2) is 42.1 Å². The van der Waals surface area contributed by atoms with Crippen LogP contribution in [0.1, 0.15) is 15.9 Å². The van der Waals surface area contributed by atoms with Crippen LogP contribution in [0.4, 0.5) is 22.7 Å². The van der Waals surface area contributed by atoms with Crippen LogP contribution in [0.3, 0.4) is 0 Å². The minimum Gasteiger partial charge on any atom is -0.378 e. The van der Waals surface area contributed by atoms with Gasteiger partial charge in [0.25, 0.3) is 17.3 Å². The third-order valence-electron chi connectivity index (χ3n) is 4.37. The molecule has 0 radical (unpaired) electrons. The number of carbonyl (C=O) groups excluding carboxylic acids is 1. The molecule has 1 fully saturated rings. The summed E-state index contributed by atoms with van der Waals surface area (Å²) in [7, 11) is 0. The van der Waals surface area contributed by atoms with Crippen molar-refractivity contribution in [3.05, 3.63) is 67.8 Å². The first-order chi connectivity index (χ1) is 13.9. The van der Waals surface area contributed by atoms with Crippen molar-refractivity contribution in [1.29, 1.82) is 5.26 Å². The van der Waals surface area contributed by atoms with E-state index in [0.29, 0.717) is 32.0 Å². The topological polar surface area (TPSA) is 152 Å². The second-order valence-electron chi connectivity index (χ2n) is 6.11. The Morgan fingerprint density at radius 3 is 2.45 bits per heavy atom. The van der Waals surface area contributed by atoms with Crippen LogP contribution in [0.2, 0.25) is 0 Å². The number of amides is 1. The normalized spacial score (nSPS) is 13.4. The standard InChI is InChI=1S/C18H15N5O6/c19-11-13-9-14(22(25)26)2-3-15(13)20-18(24)12-1-4-16(17(10-12)23(27)28)21-5-7-29-8-6-21/h1-4,9-10H,5-8H2,(H,20,24). The van der Waals surface area contributed by atoms with E-state index in [0.717, 1.165) is 18.2 Å². The second kappa shape index (κ2) is 8.32. The Morgan fingerprint density at radius 1 is 1.10 bits per heavy atom. The Kier molecular flexibility index (Phi) is 5.66. The monoisotopic (exact) mass is 397 g/mol. The Morgan fingerprint density at radius 2 is 1.83 bits per heavy atom. The Bertz CT molecular complexity index is 1030. The zero-order valence-electron chi connectivity index (χ0n) is 15.0. The van der Waals surface area contributed by atoms with Gasteiger partial charge >= 0.3 is 0 Å². The third kappa shape index (κ3) is 4.28. The number of benzene rings is 2. The van der Waals surface area contributed by atoms with Gasteiger partial charge in [-0.15, -0.1) is 0 Å². The van der Waals surface area contributed by atoms with Gasteiger partial charge in [-0.1, -0.05) is 0 Å². The summed E-state index contributed by atoms with van der Waals surface area (Å²) < 4.78 is 5.25. The highest BCUT2D eigenvalue weighted by molar-refractivity contribution is 6.05. The van der Waals surface area contributed by atoms with Crippen LogP contribution >= 0.6 is 0 Å². The van der Waals surface area contributed by atoms with E-state index in [1.807, 2.05) is 4.90 Å². The molecule has 1 heterocycles. The highest BCUT2D eigenvalue weighted by Gasteiger charge is 2.24. The summed E-state index contributed by atoms with van der Waals surface area (Å²) in [6.07, 6.45) is 0. The number of nitrogens with one attached hydrogen (secondary N) is 1. The molecule has 0 saturated carbocycles. The van der Waals surface area contributed by atoms with Gasteiger partial charge in [0.2, 0.25) is 0 Å². The second-order valence-corrected chi connectivity index (χ2v) is 6.11. The zero-order valence-corrected chi connectivity index (χ0v) is 15.0. The van der Waals surface area contributed by atoms with Crippen molar-refractivity contribution < 1.29 is 19.4 Å². The first-order valence-electron chi connectivity index (χ1n) is 8.51. The van der Waals surface area contributed by atoms with E-state index in [9.17, 15) is 30.3 Å². The molecule has 11 heteroatoms. The number of rotatable bonds is 5. The number of hydrogen-bond donors (Lipinski definition) is 1. The number of ether oxygens (including phenoxy) is 1. The Labute approximate surface area is 164 Å². The fraction of sp³-hybridized carbons (Fsp3) is 0.222. The molecule has 2 aromatic carbocycles. The zero-order chi connectivity index (χ0) is 21.0. The van der Waals surface area contributed by atoms with Gasteiger partial charge in [-0.3, -0.25) is 25.0 Å². The molecule has 3 rings (SSSR count). The molecule has 0 spiro atoms. The molecule has 0 aromatic heterocycles.